The zero-order chi connectivity index (χ0) is 32.7. The van der Waals surface area contributed by atoms with E-state index < -0.39 is 30.2 Å². The zero-order valence-electron chi connectivity index (χ0n) is 25.9. The van der Waals surface area contributed by atoms with E-state index in [2.05, 4.69) is 25.9 Å². The molecule has 46 heavy (non-hydrogen) atoms. The summed E-state index contributed by atoms with van der Waals surface area (Å²) in [6.45, 7) is 1.93. The second-order valence-corrected chi connectivity index (χ2v) is 13.0. The van der Waals surface area contributed by atoms with Crippen LogP contribution in [0.15, 0.2) is 84.1 Å². The Bertz CT molecular complexity index is 1470. The second-order valence-electron chi connectivity index (χ2n) is 11.0. The molecule has 4 aromatic rings. The molecule has 0 aliphatic carbocycles. The standard InChI is InChI=1S/C33H40N6O5S2/c1-23(40)30(38-32(42)39(2)19-28-17-34-21-45-28)31(41)36-26(15-24-9-5-3-6-10-24)13-14-27(16-25-11-7-4-8-12-25)37-33(43)44-20-29-18-35-22-46-29/h3-12,17-18,21-23,26-27,30,40H,13-16,19-20H2,1-2H3,(H,36,41)(H,37,43)(H,38,42). The number of nitrogens with one attached hydrogen (secondary N) is 3. The van der Waals surface area contributed by atoms with Crippen molar-refractivity contribution in [2.75, 3.05) is 7.05 Å². The quantitative estimate of drug-likeness (QED) is 0.138. The highest BCUT2D eigenvalue weighted by Crippen LogP contribution is 2.15. The number of thiazole rings is 2. The lowest BCUT2D eigenvalue weighted by Crippen LogP contribution is -2.56. The van der Waals surface area contributed by atoms with E-state index >= 15 is 0 Å². The molecule has 4 atom stereocenters. The first-order valence-electron chi connectivity index (χ1n) is 15.0. The molecule has 4 N–H and O–H groups in total. The Morgan fingerprint density at radius 2 is 1.37 bits per heavy atom. The Morgan fingerprint density at radius 1 is 0.826 bits per heavy atom. The highest BCUT2D eigenvalue weighted by molar-refractivity contribution is 7.09. The molecule has 2 aromatic carbocycles. The third kappa shape index (κ3) is 11.5. The predicted octanol–water partition coefficient (Wildman–Crippen LogP) is 4.54. The van der Waals surface area contributed by atoms with E-state index in [1.165, 1.54) is 34.5 Å². The Hall–Kier alpha value is -4.33. The summed E-state index contributed by atoms with van der Waals surface area (Å²) in [5.41, 5.74) is 5.44. The molecule has 2 aromatic heterocycles. The van der Waals surface area contributed by atoms with Crippen LogP contribution in [-0.4, -0.2) is 69.3 Å². The van der Waals surface area contributed by atoms with Crippen molar-refractivity contribution in [2.45, 2.75) is 70.0 Å². The van der Waals surface area contributed by atoms with Gasteiger partial charge in [-0.3, -0.25) is 14.8 Å². The number of benzene rings is 2. The number of aliphatic hydroxyl groups is 1. The first-order valence-corrected chi connectivity index (χ1v) is 16.8. The number of hydrogen-bond donors (Lipinski definition) is 4. The fourth-order valence-electron chi connectivity index (χ4n) is 4.87. The lowest BCUT2D eigenvalue weighted by atomic mass is 9.95. The summed E-state index contributed by atoms with van der Waals surface area (Å²) in [6.07, 6.45) is 3.81. The summed E-state index contributed by atoms with van der Waals surface area (Å²) in [7, 11) is 1.62. The van der Waals surface area contributed by atoms with E-state index in [4.69, 9.17) is 4.74 Å². The van der Waals surface area contributed by atoms with Crippen LogP contribution in [0, 0.1) is 0 Å². The number of hydrogen-bond acceptors (Lipinski definition) is 9. The van der Waals surface area contributed by atoms with Gasteiger partial charge < -0.3 is 30.7 Å². The average Bonchev–Trinajstić information content (AvgIpc) is 3.77. The average molecular weight is 665 g/mol. The summed E-state index contributed by atoms with van der Waals surface area (Å²) in [6, 6.07) is 17.3. The normalized spacial score (nSPS) is 13.5. The third-order valence-electron chi connectivity index (χ3n) is 7.28. The van der Waals surface area contributed by atoms with Gasteiger partial charge in [0.1, 0.15) is 12.6 Å². The molecule has 11 nitrogen and oxygen atoms in total. The van der Waals surface area contributed by atoms with Crippen LogP contribution in [-0.2, 0) is 35.5 Å². The molecule has 4 amide bonds. The molecule has 244 valence electrons. The van der Waals surface area contributed by atoms with E-state index in [-0.39, 0.29) is 18.7 Å². The molecule has 0 spiro atoms. The monoisotopic (exact) mass is 664 g/mol. The van der Waals surface area contributed by atoms with Gasteiger partial charge in [0.2, 0.25) is 5.91 Å². The first kappa shape index (κ1) is 34.5. The van der Waals surface area contributed by atoms with Gasteiger partial charge >= 0.3 is 12.1 Å². The SMILES string of the molecule is CC(O)C(NC(=O)N(C)Cc1cncs1)C(=O)NC(CCC(Cc1ccccc1)NC(=O)OCc1cncs1)Cc1ccccc1. The molecule has 4 unspecified atom stereocenters. The van der Waals surface area contributed by atoms with Crippen LogP contribution < -0.4 is 16.0 Å². The van der Waals surface area contributed by atoms with Gasteiger partial charge in [0.05, 0.1) is 28.5 Å². The molecule has 0 fully saturated rings. The van der Waals surface area contributed by atoms with Crippen LogP contribution >= 0.6 is 22.7 Å². The molecular formula is C33H40N6O5S2. The molecule has 4 rings (SSSR count). The van der Waals surface area contributed by atoms with Crippen LogP contribution in [0.3, 0.4) is 0 Å². The maximum absolute atomic E-state index is 13.6. The predicted molar refractivity (Wildman–Crippen MR) is 178 cm³/mol. The Labute approximate surface area is 277 Å². The Kier molecular flexibility index (Phi) is 13.5. The maximum atomic E-state index is 13.6. The molecule has 0 aliphatic heterocycles. The summed E-state index contributed by atoms with van der Waals surface area (Å²) >= 11 is 2.84. The summed E-state index contributed by atoms with van der Waals surface area (Å²) < 4.78 is 5.44. The minimum Gasteiger partial charge on any atom is -0.444 e. The van der Waals surface area contributed by atoms with Gasteiger partial charge in [0.15, 0.2) is 0 Å². The van der Waals surface area contributed by atoms with Gasteiger partial charge in [0, 0.05) is 36.4 Å². The Balaban J connectivity index is 1.43. The van der Waals surface area contributed by atoms with Gasteiger partial charge in [0.25, 0.3) is 0 Å². The number of aromatic nitrogens is 2. The van der Waals surface area contributed by atoms with E-state index in [0.29, 0.717) is 32.2 Å². The summed E-state index contributed by atoms with van der Waals surface area (Å²) in [5.74, 6) is -0.494. The van der Waals surface area contributed by atoms with Gasteiger partial charge in [-0.25, -0.2) is 9.59 Å². The topological polar surface area (TPSA) is 146 Å². The molecule has 0 bridgehead atoms. The van der Waals surface area contributed by atoms with Crippen molar-refractivity contribution >= 4 is 40.7 Å². The molecule has 13 heteroatoms. The number of amides is 4. The summed E-state index contributed by atoms with van der Waals surface area (Å²) in [5, 5.41) is 19.3. The lowest BCUT2D eigenvalue weighted by Gasteiger charge is -2.28. The minimum atomic E-state index is -1.17. The van der Waals surface area contributed by atoms with E-state index in [1.54, 1.807) is 30.5 Å². The van der Waals surface area contributed by atoms with Gasteiger partial charge in [-0.2, -0.15) is 0 Å². The number of ether oxygens (including phenoxy) is 1. The van der Waals surface area contributed by atoms with E-state index in [9.17, 15) is 19.5 Å². The number of alkyl carbamates (subject to hydrolysis) is 1. The summed E-state index contributed by atoms with van der Waals surface area (Å²) in [4.78, 5) is 50.5. The minimum absolute atomic E-state index is 0.132. The molecule has 2 heterocycles. The number of rotatable bonds is 16. The largest absolute Gasteiger partial charge is 0.444 e. The molecule has 0 aliphatic rings. The number of nitrogens with zero attached hydrogens (tertiary/aromatic N) is 3. The smallest absolute Gasteiger partial charge is 0.407 e. The molecule has 0 saturated heterocycles. The lowest BCUT2D eigenvalue weighted by molar-refractivity contribution is -0.126. The van der Waals surface area contributed by atoms with Crippen LogP contribution in [0.5, 0.6) is 0 Å². The molecule has 0 radical (unpaired) electrons. The molecule has 0 saturated carbocycles. The molecular weight excluding hydrogens is 625 g/mol. The van der Waals surface area contributed by atoms with Crippen molar-refractivity contribution in [2.24, 2.45) is 0 Å². The van der Waals surface area contributed by atoms with Crippen LogP contribution in [0.2, 0.25) is 0 Å². The van der Waals surface area contributed by atoms with Crippen LogP contribution in [0.25, 0.3) is 0 Å². The number of carbonyl (C=O) groups excluding carboxylic acids is 3. The maximum Gasteiger partial charge on any atom is 0.407 e. The first-order chi connectivity index (χ1) is 22.3. The van der Waals surface area contributed by atoms with Crippen LogP contribution in [0.1, 0.15) is 40.6 Å². The van der Waals surface area contributed by atoms with Gasteiger partial charge in [-0.05, 0) is 43.7 Å². The van der Waals surface area contributed by atoms with Crippen LogP contribution in [0.4, 0.5) is 9.59 Å². The van der Waals surface area contributed by atoms with Crippen molar-refractivity contribution in [3.63, 3.8) is 0 Å². The third-order valence-corrected chi connectivity index (χ3v) is 8.80. The number of aliphatic hydroxyl groups excluding tert-OH is 1. The zero-order valence-corrected chi connectivity index (χ0v) is 27.5. The van der Waals surface area contributed by atoms with Gasteiger partial charge in [-0.1, -0.05) is 60.7 Å². The second kappa shape index (κ2) is 18.0. The fraction of sp³-hybridized carbons (Fsp3) is 0.364. The Morgan fingerprint density at radius 3 is 1.89 bits per heavy atom. The highest BCUT2D eigenvalue weighted by atomic mass is 32.1. The number of urea groups is 1. The van der Waals surface area contributed by atoms with Crippen molar-refractivity contribution in [3.05, 3.63) is 105 Å². The number of carbonyl (C=O) groups is 3. The van der Waals surface area contributed by atoms with Crippen molar-refractivity contribution in [1.82, 2.24) is 30.8 Å². The highest BCUT2D eigenvalue weighted by Gasteiger charge is 2.29. The van der Waals surface area contributed by atoms with Crippen molar-refractivity contribution < 1.29 is 24.2 Å². The van der Waals surface area contributed by atoms with Crippen molar-refractivity contribution in [3.8, 4) is 0 Å². The van der Waals surface area contributed by atoms with E-state index in [1.807, 2.05) is 60.7 Å². The van der Waals surface area contributed by atoms with Gasteiger partial charge in [-0.15, -0.1) is 22.7 Å². The van der Waals surface area contributed by atoms with E-state index in [0.717, 1.165) is 20.9 Å². The van der Waals surface area contributed by atoms with Crippen molar-refractivity contribution in [1.29, 1.82) is 0 Å². The fourth-order valence-corrected chi connectivity index (χ4v) is 6.03.